The van der Waals surface area contributed by atoms with Gasteiger partial charge in [-0.1, -0.05) is 54.3 Å². The van der Waals surface area contributed by atoms with E-state index >= 15 is 0 Å². The maximum absolute atomic E-state index is 14.0. The van der Waals surface area contributed by atoms with Crippen LogP contribution in [0.15, 0.2) is 48.7 Å². The van der Waals surface area contributed by atoms with Crippen LogP contribution < -0.4 is 4.90 Å². The average molecular weight is 502 g/mol. The highest BCUT2D eigenvalue weighted by atomic mass is 16.5. The molecule has 37 heavy (non-hydrogen) atoms. The molecule has 0 aliphatic carbocycles. The normalized spacial score (nSPS) is 10.9. The number of hydrogen-bond donors (Lipinski definition) is 1. The molecule has 0 saturated heterocycles. The predicted molar refractivity (Wildman–Crippen MR) is 138 cm³/mol. The van der Waals surface area contributed by atoms with Crippen LogP contribution in [0.25, 0.3) is 0 Å². The zero-order valence-corrected chi connectivity index (χ0v) is 21.6. The van der Waals surface area contributed by atoms with Crippen molar-refractivity contribution in [3.63, 3.8) is 0 Å². The van der Waals surface area contributed by atoms with Crippen LogP contribution in [0.1, 0.15) is 68.7 Å². The van der Waals surface area contributed by atoms with Gasteiger partial charge in [-0.3, -0.25) is 9.69 Å². The maximum Gasteiger partial charge on any atom is 0.337 e. The molecule has 2 aromatic heterocycles. The molecule has 1 amide bonds. The minimum absolute atomic E-state index is 0.190. The van der Waals surface area contributed by atoms with Crippen LogP contribution in [-0.4, -0.2) is 49.2 Å². The number of amides is 1. The topological polar surface area (TPSA) is 119 Å². The van der Waals surface area contributed by atoms with Crippen molar-refractivity contribution in [2.75, 3.05) is 12.0 Å². The summed E-state index contributed by atoms with van der Waals surface area (Å²) in [6.07, 6.45) is 4.31. The molecule has 10 heteroatoms. The van der Waals surface area contributed by atoms with Gasteiger partial charge in [0.25, 0.3) is 11.9 Å². The Hall–Kier alpha value is -4.34. The number of hydrogen-bond acceptors (Lipinski definition) is 7. The van der Waals surface area contributed by atoms with Gasteiger partial charge in [-0.05, 0) is 54.3 Å². The molecule has 192 valence electrons. The lowest BCUT2D eigenvalue weighted by Crippen LogP contribution is -2.33. The summed E-state index contributed by atoms with van der Waals surface area (Å²) in [6.45, 7) is 6.88. The van der Waals surface area contributed by atoms with Crippen molar-refractivity contribution in [1.82, 2.24) is 30.2 Å². The second kappa shape index (κ2) is 11.6. The third kappa shape index (κ3) is 5.91. The molecule has 0 unspecified atom stereocenters. The lowest BCUT2D eigenvalue weighted by molar-refractivity contribution is 0.0600. The minimum atomic E-state index is -0.393. The maximum atomic E-state index is 14.0. The molecule has 0 aliphatic heterocycles. The molecule has 4 rings (SSSR count). The number of rotatable bonds is 10. The van der Waals surface area contributed by atoms with Gasteiger partial charge < -0.3 is 9.30 Å². The van der Waals surface area contributed by atoms with E-state index in [2.05, 4.69) is 38.6 Å². The molecule has 1 N–H and O–H groups in total. The number of aromatic nitrogens is 6. The first kappa shape index (κ1) is 25.7. The molecule has 0 spiro atoms. The van der Waals surface area contributed by atoms with E-state index < -0.39 is 5.97 Å². The van der Waals surface area contributed by atoms with E-state index in [4.69, 9.17) is 4.74 Å². The highest BCUT2D eigenvalue weighted by Gasteiger charge is 2.27. The van der Waals surface area contributed by atoms with E-state index in [1.807, 2.05) is 42.7 Å². The summed E-state index contributed by atoms with van der Waals surface area (Å²) in [6, 6.07) is 13.3. The number of nitrogens with zero attached hydrogens (tertiary/aromatic N) is 6. The Balaban J connectivity index is 1.69. The number of carbonyl (C=O) groups excluding carboxylic acids is 2. The third-order valence-electron chi connectivity index (χ3n) is 6.27. The standard InChI is InChI=1S/C27H31N7O3/c1-5-6-7-24-28-15-23(33(24)16-20-9-12-21(13-10-20)26(36)37-4)25(35)34(27-29-31-32-30-27)17-22-11-8-18(2)14-19(22)3/h8-15H,5-7,16-17H2,1-4H3,(H,29,30,31,32). The van der Waals surface area contributed by atoms with E-state index in [0.29, 0.717) is 17.8 Å². The zero-order valence-electron chi connectivity index (χ0n) is 21.6. The van der Waals surface area contributed by atoms with Crippen LogP contribution >= 0.6 is 0 Å². The number of anilines is 1. The second-order valence-corrected chi connectivity index (χ2v) is 8.97. The number of carbonyl (C=O) groups is 2. The molecular formula is C27H31N7O3. The lowest BCUT2D eigenvalue weighted by atomic mass is 10.1. The van der Waals surface area contributed by atoms with E-state index in [-0.39, 0.29) is 18.4 Å². The van der Waals surface area contributed by atoms with Gasteiger partial charge in [-0.15, -0.1) is 5.10 Å². The Labute approximate surface area is 215 Å². The van der Waals surface area contributed by atoms with Crippen LogP contribution in [0.3, 0.4) is 0 Å². The Kier molecular flexibility index (Phi) is 8.07. The molecule has 0 bridgehead atoms. The van der Waals surface area contributed by atoms with E-state index in [1.54, 1.807) is 18.3 Å². The number of nitrogens with one attached hydrogen (secondary N) is 1. The SMILES string of the molecule is CCCCc1ncc(C(=O)N(Cc2ccc(C)cc2C)c2nn[nH]n2)n1Cc1ccc(C(=O)OC)cc1. The van der Waals surface area contributed by atoms with Gasteiger partial charge in [-0.2, -0.15) is 5.21 Å². The number of H-pyrrole nitrogens is 1. The van der Waals surface area contributed by atoms with Crippen LogP contribution in [0.2, 0.25) is 0 Å². The van der Waals surface area contributed by atoms with Crippen molar-refractivity contribution in [3.05, 3.63) is 88.0 Å². The highest BCUT2D eigenvalue weighted by molar-refractivity contribution is 6.03. The van der Waals surface area contributed by atoms with Crippen LogP contribution in [0.4, 0.5) is 5.95 Å². The predicted octanol–water partition coefficient (Wildman–Crippen LogP) is 4.04. The van der Waals surface area contributed by atoms with Crippen molar-refractivity contribution < 1.29 is 14.3 Å². The first-order valence-corrected chi connectivity index (χ1v) is 12.2. The fraction of sp³-hybridized carbons (Fsp3) is 0.333. The quantitative estimate of drug-likeness (QED) is 0.326. The fourth-order valence-corrected chi connectivity index (χ4v) is 4.18. The molecule has 2 heterocycles. The first-order chi connectivity index (χ1) is 17.9. The summed E-state index contributed by atoms with van der Waals surface area (Å²) in [5.74, 6) is 0.343. The van der Waals surface area contributed by atoms with Gasteiger partial charge in [-0.25, -0.2) is 9.78 Å². The third-order valence-corrected chi connectivity index (χ3v) is 6.27. The summed E-state index contributed by atoms with van der Waals surface area (Å²) in [5, 5.41) is 14.3. The summed E-state index contributed by atoms with van der Waals surface area (Å²) in [7, 11) is 1.35. The Morgan fingerprint density at radius 3 is 2.54 bits per heavy atom. The number of imidazole rings is 1. The van der Waals surface area contributed by atoms with Gasteiger partial charge >= 0.3 is 5.97 Å². The molecule has 0 fully saturated rings. The van der Waals surface area contributed by atoms with Gasteiger partial charge in [0.05, 0.1) is 25.4 Å². The van der Waals surface area contributed by atoms with Crippen LogP contribution in [0.5, 0.6) is 0 Å². The second-order valence-electron chi connectivity index (χ2n) is 8.97. The van der Waals surface area contributed by atoms with Crippen molar-refractivity contribution in [2.45, 2.75) is 53.1 Å². The van der Waals surface area contributed by atoms with Crippen LogP contribution in [0, 0.1) is 13.8 Å². The number of methoxy groups -OCH3 is 1. The molecule has 0 aliphatic rings. The van der Waals surface area contributed by atoms with E-state index in [9.17, 15) is 9.59 Å². The molecule has 0 radical (unpaired) electrons. The minimum Gasteiger partial charge on any atom is -0.465 e. The number of esters is 1. The summed E-state index contributed by atoms with van der Waals surface area (Å²) in [4.78, 5) is 31.9. The molecular weight excluding hydrogens is 470 g/mol. The average Bonchev–Trinajstić information content (AvgIpc) is 3.57. The molecule has 10 nitrogen and oxygen atoms in total. The Morgan fingerprint density at radius 1 is 1.11 bits per heavy atom. The number of unbranched alkanes of at least 4 members (excludes halogenated alkanes) is 1. The van der Waals surface area contributed by atoms with Crippen LogP contribution in [-0.2, 0) is 24.2 Å². The van der Waals surface area contributed by atoms with Crippen molar-refractivity contribution >= 4 is 17.8 Å². The van der Waals surface area contributed by atoms with Crippen molar-refractivity contribution in [2.24, 2.45) is 0 Å². The van der Waals surface area contributed by atoms with Gasteiger partial charge in [0.2, 0.25) is 0 Å². The van der Waals surface area contributed by atoms with E-state index in [0.717, 1.165) is 47.3 Å². The zero-order chi connectivity index (χ0) is 26.4. The van der Waals surface area contributed by atoms with E-state index in [1.165, 1.54) is 12.0 Å². The summed E-state index contributed by atoms with van der Waals surface area (Å²) >= 11 is 0. The fourth-order valence-electron chi connectivity index (χ4n) is 4.18. The summed E-state index contributed by atoms with van der Waals surface area (Å²) < 4.78 is 6.73. The largest absolute Gasteiger partial charge is 0.465 e. The van der Waals surface area contributed by atoms with Crippen molar-refractivity contribution in [1.29, 1.82) is 0 Å². The number of ether oxygens (including phenoxy) is 1. The molecule has 4 aromatic rings. The Morgan fingerprint density at radius 2 is 1.89 bits per heavy atom. The number of aryl methyl sites for hydroxylation is 3. The van der Waals surface area contributed by atoms with Gasteiger partial charge in [0, 0.05) is 13.0 Å². The Bertz CT molecular complexity index is 1360. The van der Waals surface area contributed by atoms with Gasteiger partial charge in [0.15, 0.2) is 0 Å². The molecule has 0 saturated carbocycles. The number of aromatic amines is 1. The first-order valence-electron chi connectivity index (χ1n) is 12.2. The lowest BCUT2D eigenvalue weighted by Gasteiger charge is -2.21. The molecule has 0 atom stereocenters. The van der Waals surface area contributed by atoms with Crippen molar-refractivity contribution in [3.8, 4) is 0 Å². The van der Waals surface area contributed by atoms with Gasteiger partial charge in [0.1, 0.15) is 11.5 Å². The smallest absolute Gasteiger partial charge is 0.337 e. The summed E-state index contributed by atoms with van der Waals surface area (Å²) in [5.41, 5.74) is 5.03. The highest BCUT2D eigenvalue weighted by Crippen LogP contribution is 2.21. The number of tetrazole rings is 1. The number of benzene rings is 2. The molecule has 2 aromatic carbocycles. The monoisotopic (exact) mass is 501 g/mol.